The van der Waals surface area contributed by atoms with E-state index in [0.29, 0.717) is 13.2 Å². The van der Waals surface area contributed by atoms with E-state index in [1.807, 2.05) is 44.2 Å². The van der Waals surface area contributed by atoms with Gasteiger partial charge in [0.2, 0.25) is 0 Å². The molecule has 122 valence electrons. The molecule has 0 N–H and O–H groups in total. The van der Waals surface area contributed by atoms with Crippen LogP contribution in [0.4, 0.5) is 0 Å². The molecule has 5 heteroatoms. The smallest absolute Gasteiger partial charge is 0.309 e. The van der Waals surface area contributed by atoms with Crippen molar-refractivity contribution < 1.29 is 19.0 Å². The summed E-state index contributed by atoms with van der Waals surface area (Å²) in [5, 5.41) is 0. The van der Waals surface area contributed by atoms with Crippen LogP contribution >= 0.6 is 15.9 Å². The Morgan fingerprint density at radius 2 is 2.09 bits per heavy atom. The summed E-state index contributed by atoms with van der Waals surface area (Å²) in [6.45, 7) is 5.05. The normalized spacial score (nSPS) is 13.8. The molecule has 0 aliphatic rings. The van der Waals surface area contributed by atoms with Crippen molar-refractivity contribution in [2.75, 3.05) is 20.3 Å². The van der Waals surface area contributed by atoms with Gasteiger partial charge in [-0.2, -0.15) is 0 Å². The number of hydrogen-bond donors (Lipinski definition) is 0. The third-order valence-corrected chi connectivity index (χ3v) is 3.81. The second-order valence-corrected chi connectivity index (χ2v) is 5.66. The lowest BCUT2D eigenvalue weighted by molar-refractivity contribution is -0.139. The first-order chi connectivity index (χ1) is 10.6. The summed E-state index contributed by atoms with van der Waals surface area (Å²) in [4.78, 5) is 11.1. The number of ether oxygens (including phenoxy) is 3. The molecule has 0 radical (unpaired) electrons. The third kappa shape index (κ3) is 6.62. The number of para-hydroxylation sites is 1. The Labute approximate surface area is 140 Å². The van der Waals surface area contributed by atoms with Gasteiger partial charge in [0.15, 0.2) is 0 Å². The van der Waals surface area contributed by atoms with Crippen LogP contribution in [-0.4, -0.2) is 32.4 Å². The summed E-state index contributed by atoms with van der Waals surface area (Å²) >= 11 is 3.46. The molecule has 0 unspecified atom stereocenters. The molecular weight excluding hydrogens is 348 g/mol. The summed E-state index contributed by atoms with van der Waals surface area (Å²) in [5.41, 5.74) is 0. The van der Waals surface area contributed by atoms with Gasteiger partial charge in [-0.05, 0) is 35.0 Å². The molecule has 2 atom stereocenters. The van der Waals surface area contributed by atoms with Crippen LogP contribution in [0.15, 0.2) is 40.9 Å². The first kappa shape index (κ1) is 18.7. The average molecular weight is 371 g/mol. The SMILES string of the molecule is CCO[C@H](COc1ccccc1Br)[C@H](C)/C=C/CC(=O)OC. The lowest BCUT2D eigenvalue weighted by atomic mass is 10.0. The van der Waals surface area contributed by atoms with Gasteiger partial charge in [0, 0.05) is 12.5 Å². The second kappa shape index (κ2) is 10.4. The topological polar surface area (TPSA) is 44.8 Å². The molecule has 0 saturated heterocycles. The van der Waals surface area contributed by atoms with E-state index in [1.54, 1.807) is 6.08 Å². The van der Waals surface area contributed by atoms with Crippen molar-refractivity contribution in [2.45, 2.75) is 26.4 Å². The van der Waals surface area contributed by atoms with Crippen LogP contribution in [0.2, 0.25) is 0 Å². The summed E-state index contributed by atoms with van der Waals surface area (Å²) in [6, 6.07) is 7.71. The molecule has 1 rings (SSSR count). The lowest BCUT2D eigenvalue weighted by Crippen LogP contribution is -2.28. The van der Waals surface area contributed by atoms with Crippen molar-refractivity contribution >= 4 is 21.9 Å². The van der Waals surface area contributed by atoms with Gasteiger partial charge in [-0.25, -0.2) is 0 Å². The Bertz CT molecular complexity index is 487. The van der Waals surface area contributed by atoms with E-state index in [1.165, 1.54) is 7.11 Å². The first-order valence-electron chi connectivity index (χ1n) is 7.30. The molecule has 1 aromatic rings. The highest BCUT2D eigenvalue weighted by atomic mass is 79.9. The highest BCUT2D eigenvalue weighted by Gasteiger charge is 2.16. The number of esters is 1. The molecule has 0 fully saturated rings. The van der Waals surface area contributed by atoms with Crippen molar-refractivity contribution in [1.82, 2.24) is 0 Å². The van der Waals surface area contributed by atoms with Crippen molar-refractivity contribution in [3.63, 3.8) is 0 Å². The van der Waals surface area contributed by atoms with E-state index in [0.717, 1.165) is 10.2 Å². The number of carbonyl (C=O) groups is 1. The molecule has 0 bridgehead atoms. The molecule has 0 aromatic heterocycles. The standard InChI is InChI=1S/C17H23BrO4/c1-4-21-16(13(2)8-7-11-17(19)20-3)12-22-15-10-6-5-9-14(15)18/h5-10,13,16H,4,11-12H2,1-3H3/b8-7+/t13-,16-/m1/s1. The molecular formula is C17H23BrO4. The predicted molar refractivity (Wildman–Crippen MR) is 90.0 cm³/mol. The summed E-state index contributed by atoms with van der Waals surface area (Å²) in [5.74, 6) is 0.672. The Balaban J connectivity index is 2.56. The zero-order chi connectivity index (χ0) is 16.4. The van der Waals surface area contributed by atoms with E-state index in [-0.39, 0.29) is 24.4 Å². The maximum absolute atomic E-state index is 11.1. The van der Waals surface area contributed by atoms with Gasteiger partial charge in [0.25, 0.3) is 0 Å². The Hall–Kier alpha value is -1.33. The molecule has 0 saturated carbocycles. The van der Waals surface area contributed by atoms with E-state index in [2.05, 4.69) is 20.7 Å². The van der Waals surface area contributed by atoms with Crippen molar-refractivity contribution in [3.05, 3.63) is 40.9 Å². The molecule has 0 aliphatic carbocycles. The van der Waals surface area contributed by atoms with Crippen molar-refractivity contribution in [3.8, 4) is 5.75 Å². The number of hydrogen-bond acceptors (Lipinski definition) is 4. The first-order valence-corrected chi connectivity index (χ1v) is 8.10. The zero-order valence-electron chi connectivity index (χ0n) is 13.3. The minimum atomic E-state index is -0.249. The molecule has 0 spiro atoms. The lowest BCUT2D eigenvalue weighted by Gasteiger charge is -2.22. The van der Waals surface area contributed by atoms with Crippen molar-refractivity contribution in [1.29, 1.82) is 0 Å². The Morgan fingerprint density at radius 3 is 2.73 bits per heavy atom. The quantitative estimate of drug-likeness (QED) is 0.486. The maximum atomic E-state index is 11.1. The van der Waals surface area contributed by atoms with Gasteiger partial charge in [-0.15, -0.1) is 0 Å². The van der Waals surface area contributed by atoms with Crippen LogP contribution in [0, 0.1) is 5.92 Å². The predicted octanol–water partition coefficient (Wildman–Crippen LogP) is 3.99. The van der Waals surface area contributed by atoms with Crippen LogP contribution in [0.1, 0.15) is 20.3 Å². The highest BCUT2D eigenvalue weighted by Crippen LogP contribution is 2.24. The number of rotatable bonds is 9. The van der Waals surface area contributed by atoms with Gasteiger partial charge >= 0.3 is 5.97 Å². The molecule has 4 nitrogen and oxygen atoms in total. The van der Waals surface area contributed by atoms with Gasteiger partial charge in [-0.1, -0.05) is 31.2 Å². The fourth-order valence-electron chi connectivity index (χ4n) is 1.89. The fraction of sp³-hybridized carbons (Fsp3) is 0.471. The highest BCUT2D eigenvalue weighted by molar-refractivity contribution is 9.10. The summed E-state index contributed by atoms with van der Waals surface area (Å²) in [6.07, 6.45) is 3.96. The minimum absolute atomic E-state index is 0.0778. The van der Waals surface area contributed by atoms with Gasteiger partial charge in [0.05, 0.1) is 24.1 Å². The number of carbonyl (C=O) groups excluding carboxylic acids is 1. The Kier molecular flexibility index (Phi) is 8.85. The summed E-state index contributed by atoms with van der Waals surface area (Å²) < 4.78 is 17.1. The number of methoxy groups -OCH3 is 1. The Morgan fingerprint density at radius 1 is 1.36 bits per heavy atom. The van der Waals surface area contributed by atoms with Gasteiger partial charge < -0.3 is 14.2 Å². The molecule has 22 heavy (non-hydrogen) atoms. The summed E-state index contributed by atoms with van der Waals surface area (Å²) in [7, 11) is 1.38. The fourth-order valence-corrected chi connectivity index (χ4v) is 2.28. The zero-order valence-corrected chi connectivity index (χ0v) is 14.8. The molecule has 0 amide bonds. The van der Waals surface area contributed by atoms with Crippen LogP contribution < -0.4 is 4.74 Å². The third-order valence-electron chi connectivity index (χ3n) is 3.16. The minimum Gasteiger partial charge on any atom is -0.490 e. The molecule has 0 heterocycles. The van der Waals surface area contributed by atoms with E-state index >= 15 is 0 Å². The maximum Gasteiger partial charge on any atom is 0.309 e. The monoisotopic (exact) mass is 370 g/mol. The van der Waals surface area contributed by atoms with Crippen LogP contribution in [-0.2, 0) is 14.3 Å². The van der Waals surface area contributed by atoms with Crippen molar-refractivity contribution in [2.24, 2.45) is 5.92 Å². The van der Waals surface area contributed by atoms with E-state index in [9.17, 15) is 4.79 Å². The number of halogens is 1. The average Bonchev–Trinajstić information content (AvgIpc) is 2.52. The largest absolute Gasteiger partial charge is 0.490 e. The van der Waals surface area contributed by atoms with Crippen LogP contribution in [0.3, 0.4) is 0 Å². The van der Waals surface area contributed by atoms with E-state index < -0.39 is 0 Å². The second-order valence-electron chi connectivity index (χ2n) is 4.80. The van der Waals surface area contributed by atoms with Gasteiger partial charge in [0.1, 0.15) is 12.4 Å². The molecule has 0 aliphatic heterocycles. The number of benzene rings is 1. The van der Waals surface area contributed by atoms with Crippen LogP contribution in [0.5, 0.6) is 5.75 Å². The van der Waals surface area contributed by atoms with Gasteiger partial charge in [-0.3, -0.25) is 4.79 Å². The van der Waals surface area contributed by atoms with E-state index in [4.69, 9.17) is 9.47 Å². The van der Waals surface area contributed by atoms with Crippen LogP contribution in [0.25, 0.3) is 0 Å². The molecule has 1 aromatic carbocycles.